The molecule has 1 aliphatic rings. The first kappa shape index (κ1) is 13.1. The smallest absolute Gasteiger partial charge is 0.0494 e. The van der Waals surface area contributed by atoms with Crippen molar-refractivity contribution < 1.29 is 5.11 Å². The van der Waals surface area contributed by atoms with Crippen molar-refractivity contribution in [3.8, 4) is 0 Å². The highest BCUT2D eigenvalue weighted by Gasteiger charge is 2.25. The zero-order valence-electron chi connectivity index (χ0n) is 10.5. The first-order valence-electron chi connectivity index (χ1n) is 6.15. The van der Waals surface area contributed by atoms with Gasteiger partial charge in [-0.25, -0.2) is 0 Å². The van der Waals surface area contributed by atoms with Gasteiger partial charge in [0.1, 0.15) is 0 Å². The second-order valence-electron chi connectivity index (χ2n) is 5.60. The first-order valence-corrected chi connectivity index (χ1v) is 6.94. The minimum atomic E-state index is -0.0469. The Morgan fingerprint density at radius 1 is 1.47 bits per heavy atom. The van der Waals surface area contributed by atoms with Crippen molar-refractivity contribution in [1.29, 1.82) is 0 Å². The summed E-state index contributed by atoms with van der Waals surface area (Å²) in [5.74, 6) is 0. The van der Waals surface area contributed by atoms with Gasteiger partial charge in [-0.05, 0) is 30.0 Å². The number of fused-ring (bicyclic) bond motifs is 1. The molecule has 1 aliphatic carbocycles. The van der Waals surface area contributed by atoms with Crippen molar-refractivity contribution in [2.45, 2.75) is 32.7 Å². The van der Waals surface area contributed by atoms with Crippen molar-refractivity contribution in [2.24, 2.45) is 5.41 Å². The quantitative estimate of drug-likeness (QED) is 0.895. The van der Waals surface area contributed by atoms with Crippen LogP contribution in [0.1, 0.15) is 37.4 Å². The highest BCUT2D eigenvalue weighted by Crippen LogP contribution is 2.35. The highest BCUT2D eigenvalue weighted by atomic mass is 79.9. The summed E-state index contributed by atoms with van der Waals surface area (Å²) in [5, 5.41) is 12.8. The fourth-order valence-electron chi connectivity index (χ4n) is 2.28. The third-order valence-corrected chi connectivity index (χ3v) is 4.21. The average Bonchev–Trinajstić information content (AvgIpc) is 2.71. The molecule has 0 radical (unpaired) electrons. The average molecular weight is 298 g/mol. The molecule has 3 heteroatoms. The van der Waals surface area contributed by atoms with Gasteiger partial charge in [-0.1, -0.05) is 41.9 Å². The van der Waals surface area contributed by atoms with Gasteiger partial charge in [-0.2, -0.15) is 0 Å². The van der Waals surface area contributed by atoms with E-state index < -0.39 is 0 Å². The normalized spacial score (nSPS) is 19.4. The van der Waals surface area contributed by atoms with Gasteiger partial charge in [0.2, 0.25) is 0 Å². The lowest BCUT2D eigenvalue weighted by Gasteiger charge is -2.25. The summed E-state index contributed by atoms with van der Waals surface area (Å²) >= 11 is 3.61. The highest BCUT2D eigenvalue weighted by molar-refractivity contribution is 9.10. The van der Waals surface area contributed by atoms with Crippen molar-refractivity contribution in [1.82, 2.24) is 5.32 Å². The lowest BCUT2D eigenvalue weighted by molar-refractivity contribution is 0.153. The van der Waals surface area contributed by atoms with E-state index in [1.54, 1.807) is 0 Å². The zero-order chi connectivity index (χ0) is 12.5. The Kier molecular flexibility index (Phi) is 3.91. The number of aliphatic hydroxyl groups is 1. The van der Waals surface area contributed by atoms with Crippen molar-refractivity contribution in [2.75, 3.05) is 13.2 Å². The van der Waals surface area contributed by atoms with Gasteiger partial charge < -0.3 is 10.4 Å². The predicted molar refractivity (Wildman–Crippen MR) is 74.1 cm³/mol. The van der Waals surface area contributed by atoms with Crippen LogP contribution in [0.5, 0.6) is 0 Å². The molecular formula is C14H20BrNO. The van der Waals surface area contributed by atoms with Crippen LogP contribution in [0.4, 0.5) is 0 Å². The fourth-order valence-corrected chi connectivity index (χ4v) is 2.86. The molecule has 1 atom stereocenters. The molecule has 0 saturated heterocycles. The second-order valence-corrected chi connectivity index (χ2v) is 6.46. The molecule has 1 aromatic rings. The summed E-state index contributed by atoms with van der Waals surface area (Å²) in [6, 6.07) is 6.85. The van der Waals surface area contributed by atoms with Crippen LogP contribution in [0.25, 0.3) is 0 Å². The zero-order valence-corrected chi connectivity index (χ0v) is 12.0. The van der Waals surface area contributed by atoms with Crippen LogP contribution in [0.15, 0.2) is 22.7 Å². The van der Waals surface area contributed by atoms with E-state index in [0.717, 1.165) is 19.4 Å². The van der Waals surface area contributed by atoms with E-state index in [1.165, 1.54) is 15.6 Å². The summed E-state index contributed by atoms with van der Waals surface area (Å²) in [6.07, 6.45) is 2.29. The summed E-state index contributed by atoms with van der Waals surface area (Å²) in [7, 11) is 0. The number of hydrogen-bond acceptors (Lipinski definition) is 2. The van der Waals surface area contributed by atoms with Gasteiger partial charge in [0, 0.05) is 29.1 Å². The van der Waals surface area contributed by atoms with Crippen molar-refractivity contribution in [3.05, 3.63) is 33.8 Å². The molecule has 0 bridgehead atoms. The first-order chi connectivity index (χ1) is 8.03. The van der Waals surface area contributed by atoms with E-state index in [4.69, 9.17) is 0 Å². The van der Waals surface area contributed by atoms with Crippen LogP contribution >= 0.6 is 15.9 Å². The Bertz CT molecular complexity index is 403. The van der Waals surface area contributed by atoms with Gasteiger partial charge in [-0.3, -0.25) is 0 Å². The molecule has 2 N–H and O–H groups in total. The molecule has 0 saturated carbocycles. The molecule has 1 aromatic carbocycles. The van der Waals surface area contributed by atoms with Crippen LogP contribution in [0.3, 0.4) is 0 Å². The number of hydrogen-bond donors (Lipinski definition) is 2. The van der Waals surface area contributed by atoms with Gasteiger partial charge in [0.05, 0.1) is 0 Å². The molecule has 0 aromatic heterocycles. The van der Waals surface area contributed by atoms with E-state index in [0.29, 0.717) is 6.04 Å². The molecule has 17 heavy (non-hydrogen) atoms. The van der Waals surface area contributed by atoms with E-state index in [-0.39, 0.29) is 12.0 Å². The molecule has 94 valence electrons. The Hall–Kier alpha value is -0.380. The SMILES string of the molecule is CC(C)(CO)CNC1CCc2c(Br)cccc21. The molecule has 2 rings (SSSR count). The van der Waals surface area contributed by atoms with Gasteiger partial charge in [0.25, 0.3) is 0 Å². The van der Waals surface area contributed by atoms with Crippen LogP contribution in [-0.4, -0.2) is 18.3 Å². The third-order valence-electron chi connectivity index (χ3n) is 3.47. The summed E-state index contributed by atoms with van der Waals surface area (Å²) in [4.78, 5) is 0. The number of nitrogens with one attached hydrogen (secondary N) is 1. The van der Waals surface area contributed by atoms with Gasteiger partial charge >= 0.3 is 0 Å². The van der Waals surface area contributed by atoms with Gasteiger partial charge in [0.15, 0.2) is 0 Å². The molecule has 0 fully saturated rings. The maximum absolute atomic E-state index is 9.26. The van der Waals surface area contributed by atoms with Crippen LogP contribution < -0.4 is 5.32 Å². The molecule has 0 heterocycles. The van der Waals surface area contributed by atoms with E-state index in [2.05, 4.69) is 53.3 Å². The van der Waals surface area contributed by atoms with Crippen molar-refractivity contribution >= 4 is 15.9 Å². The topological polar surface area (TPSA) is 32.3 Å². The third kappa shape index (κ3) is 2.90. The molecular weight excluding hydrogens is 278 g/mol. The lowest BCUT2D eigenvalue weighted by atomic mass is 9.94. The van der Waals surface area contributed by atoms with E-state index in [1.807, 2.05) is 0 Å². The Morgan fingerprint density at radius 3 is 2.94 bits per heavy atom. The maximum Gasteiger partial charge on any atom is 0.0494 e. The fraction of sp³-hybridized carbons (Fsp3) is 0.571. The molecule has 1 unspecified atom stereocenters. The Morgan fingerprint density at radius 2 is 2.24 bits per heavy atom. The minimum Gasteiger partial charge on any atom is -0.396 e. The summed E-state index contributed by atoms with van der Waals surface area (Å²) in [6.45, 7) is 5.23. The lowest BCUT2D eigenvalue weighted by Crippen LogP contribution is -2.34. The molecule has 0 spiro atoms. The van der Waals surface area contributed by atoms with Crippen LogP contribution in [0, 0.1) is 5.41 Å². The molecule has 2 nitrogen and oxygen atoms in total. The van der Waals surface area contributed by atoms with E-state index >= 15 is 0 Å². The molecule has 0 aliphatic heterocycles. The number of aliphatic hydroxyl groups excluding tert-OH is 1. The summed E-state index contributed by atoms with van der Waals surface area (Å²) in [5.41, 5.74) is 2.80. The second kappa shape index (κ2) is 5.09. The number of halogens is 1. The number of rotatable bonds is 4. The Balaban J connectivity index is 2.05. The number of benzene rings is 1. The largest absolute Gasteiger partial charge is 0.396 e. The predicted octanol–water partition coefficient (Wildman–Crippen LogP) is 3.04. The van der Waals surface area contributed by atoms with Crippen molar-refractivity contribution in [3.63, 3.8) is 0 Å². The van der Waals surface area contributed by atoms with Crippen LogP contribution in [0.2, 0.25) is 0 Å². The molecule has 0 amide bonds. The van der Waals surface area contributed by atoms with Gasteiger partial charge in [-0.15, -0.1) is 0 Å². The monoisotopic (exact) mass is 297 g/mol. The standard InChI is InChI=1S/C14H20BrNO/c1-14(2,9-17)8-16-13-7-6-10-11(13)4-3-5-12(10)15/h3-5,13,16-17H,6-9H2,1-2H3. The van der Waals surface area contributed by atoms with Crippen LogP contribution in [-0.2, 0) is 6.42 Å². The van der Waals surface area contributed by atoms with E-state index in [9.17, 15) is 5.11 Å². The minimum absolute atomic E-state index is 0.0469. The summed E-state index contributed by atoms with van der Waals surface area (Å²) < 4.78 is 1.22. The maximum atomic E-state index is 9.26. The Labute approximate surface area is 112 Å².